The number of pyridine rings is 1. The first kappa shape index (κ1) is 19.9. The molecule has 7 nitrogen and oxygen atoms in total. The van der Waals surface area contributed by atoms with E-state index in [2.05, 4.69) is 25.6 Å². The number of halogens is 1. The predicted molar refractivity (Wildman–Crippen MR) is 105 cm³/mol. The lowest BCUT2D eigenvalue weighted by Crippen LogP contribution is -2.40. The molecule has 0 atom stereocenters. The predicted octanol–water partition coefficient (Wildman–Crippen LogP) is 2.51. The molecule has 2 heterocycles. The SMILES string of the molecule is CN(C)c1ccnc(NC2CCC(NC(=O)c3ccccn3)CC2)n1.Cl. The van der Waals surface area contributed by atoms with Gasteiger partial charge >= 0.3 is 0 Å². The Balaban J connectivity index is 0.00000243. The van der Waals surface area contributed by atoms with E-state index < -0.39 is 0 Å². The van der Waals surface area contributed by atoms with Gasteiger partial charge in [0.1, 0.15) is 11.5 Å². The summed E-state index contributed by atoms with van der Waals surface area (Å²) in [5.74, 6) is 1.44. The third-order valence-electron chi connectivity index (χ3n) is 4.39. The molecule has 2 aromatic heterocycles. The average Bonchev–Trinajstić information content (AvgIpc) is 2.64. The maximum absolute atomic E-state index is 12.2. The van der Waals surface area contributed by atoms with Crippen LogP contribution in [0, 0.1) is 0 Å². The highest BCUT2D eigenvalue weighted by atomic mass is 35.5. The molecule has 2 aromatic rings. The van der Waals surface area contributed by atoms with E-state index in [1.54, 1.807) is 24.5 Å². The molecule has 8 heteroatoms. The maximum atomic E-state index is 12.2. The number of carbonyl (C=O) groups excluding carboxylic acids is 1. The van der Waals surface area contributed by atoms with Crippen LogP contribution in [-0.4, -0.2) is 47.0 Å². The molecule has 3 rings (SSSR count). The zero-order valence-electron chi connectivity index (χ0n) is 15.1. The van der Waals surface area contributed by atoms with Gasteiger partial charge < -0.3 is 15.5 Å². The number of rotatable bonds is 5. The van der Waals surface area contributed by atoms with E-state index >= 15 is 0 Å². The summed E-state index contributed by atoms with van der Waals surface area (Å²) in [6.07, 6.45) is 7.22. The van der Waals surface area contributed by atoms with Gasteiger partial charge in [0.25, 0.3) is 5.91 Å². The van der Waals surface area contributed by atoms with Gasteiger partial charge in [0.05, 0.1) is 0 Å². The third kappa shape index (κ3) is 5.29. The van der Waals surface area contributed by atoms with Gasteiger partial charge in [-0.3, -0.25) is 9.78 Å². The minimum Gasteiger partial charge on any atom is -0.363 e. The van der Waals surface area contributed by atoms with Gasteiger partial charge in [-0.05, 0) is 43.9 Å². The van der Waals surface area contributed by atoms with Crippen LogP contribution in [0.5, 0.6) is 0 Å². The monoisotopic (exact) mass is 376 g/mol. The molecule has 0 aromatic carbocycles. The van der Waals surface area contributed by atoms with Crippen LogP contribution in [0.4, 0.5) is 11.8 Å². The second kappa shape index (κ2) is 9.33. The van der Waals surface area contributed by atoms with E-state index in [1.807, 2.05) is 31.1 Å². The summed E-state index contributed by atoms with van der Waals surface area (Å²) in [5, 5.41) is 6.48. The van der Waals surface area contributed by atoms with E-state index in [9.17, 15) is 4.79 Å². The molecule has 26 heavy (non-hydrogen) atoms. The number of hydrogen-bond donors (Lipinski definition) is 2. The first-order valence-corrected chi connectivity index (χ1v) is 8.60. The van der Waals surface area contributed by atoms with Crippen molar-refractivity contribution in [3.05, 3.63) is 42.4 Å². The normalized spacial score (nSPS) is 19.2. The van der Waals surface area contributed by atoms with E-state index in [0.29, 0.717) is 17.7 Å². The summed E-state index contributed by atoms with van der Waals surface area (Å²) >= 11 is 0. The highest BCUT2D eigenvalue weighted by Crippen LogP contribution is 2.22. The van der Waals surface area contributed by atoms with Gasteiger partial charge in [-0.25, -0.2) is 4.98 Å². The molecule has 1 aliphatic rings. The molecule has 1 saturated carbocycles. The minimum absolute atomic E-state index is 0. The van der Waals surface area contributed by atoms with E-state index in [1.165, 1.54) is 0 Å². The van der Waals surface area contributed by atoms with Gasteiger partial charge in [0.15, 0.2) is 0 Å². The zero-order chi connectivity index (χ0) is 17.6. The standard InChI is InChI=1S/C18H24N6O.ClH/c1-24(2)16-10-12-20-18(23-16)22-14-8-6-13(7-9-14)21-17(25)15-5-3-4-11-19-15;/h3-5,10-14H,6-9H2,1-2H3,(H,21,25)(H,20,22,23);1H. The number of carbonyl (C=O) groups is 1. The topological polar surface area (TPSA) is 83.0 Å². The lowest BCUT2D eigenvalue weighted by molar-refractivity contribution is 0.0921. The summed E-state index contributed by atoms with van der Waals surface area (Å²) in [4.78, 5) is 27.0. The van der Waals surface area contributed by atoms with Gasteiger partial charge in [-0.15, -0.1) is 12.4 Å². The fraction of sp³-hybridized carbons (Fsp3) is 0.444. The molecule has 1 amide bonds. The van der Waals surface area contributed by atoms with Crippen molar-refractivity contribution in [2.24, 2.45) is 0 Å². The number of hydrogen-bond acceptors (Lipinski definition) is 6. The van der Waals surface area contributed by atoms with Crippen LogP contribution in [0.25, 0.3) is 0 Å². The second-order valence-corrected chi connectivity index (χ2v) is 6.51. The minimum atomic E-state index is -0.0981. The van der Waals surface area contributed by atoms with Crippen LogP contribution >= 0.6 is 12.4 Å². The Labute approximate surface area is 160 Å². The van der Waals surface area contributed by atoms with Gasteiger partial charge in [0, 0.05) is 38.6 Å². The Bertz CT molecular complexity index is 704. The number of amides is 1. The average molecular weight is 377 g/mol. The lowest BCUT2D eigenvalue weighted by atomic mass is 9.91. The number of aromatic nitrogens is 3. The van der Waals surface area contributed by atoms with Crippen LogP contribution in [-0.2, 0) is 0 Å². The van der Waals surface area contributed by atoms with Crippen LogP contribution in [0.1, 0.15) is 36.2 Å². The van der Waals surface area contributed by atoms with Crippen LogP contribution in [0.15, 0.2) is 36.7 Å². The van der Waals surface area contributed by atoms with Crippen LogP contribution < -0.4 is 15.5 Å². The Morgan fingerprint density at radius 3 is 2.42 bits per heavy atom. The summed E-state index contributed by atoms with van der Waals surface area (Å²) in [6, 6.07) is 7.78. The van der Waals surface area contributed by atoms with Gasteiger partial charge in [0.2, 0.25) is 5.95 Å². The van der Waals surface area contributed by atoms with Crippen molar-refractivity contribution in [3.8, 4) is 0 Å². The summed E-state index contributed by atoms with van der Waals surface area (Å²) < 4.78 is 0. The van der Waals surface area contributed by atoms with Gasteiger partial charge in [-0.2, -0.15) is 4.98 Å². The zero-order valence-corrected chi connectivity index (χ0v) is 15.9. The molecule has 0 aliphatic heterocycles. The molecule has 0 saturated heterocycles. The first-order chi connectivity index (χ1) is 12.1. The lowest BCUT2D eigenvalue weighted by Gasteiger charge is -2.29. The van der Waals surface area contributed by atoms with Crippen molar-refractivity contribution in [2.45, 2.75) is 37.8 Å². The number of anilines is 2. The maximum Gasteiger partial charge on any atom is 0.270 e. The molecule has 2 N–H and O–H groups in total. The molecule has 0 unspecified atom stereocenters. The molecule has 0 spiro atoms. The molecule has 1 aliphatic carbocycles. The fourth-order valence-corrected chi connectivity index (χ4v) is 2.99. The van der Waals surface area contributed by atoms with Crippen molar-refractivity contribution in [1.82, 2.24) is 20.3 Å². The Morgan fingerprint density at radius 1 is 1.04 bits per heavy atom. The molecule has 1 fully saturated rings. The fourth-order valence-electron chi connectivity index (χ4n) is 2.99. The van der Waals surface area contributed by atoms with E-state index in [-0.39, 0.29) is 24.4 Å². The highest BCUT2D eigenvalue weighted by Gasteiger charge is 2.23. The van der Waals surface area contributed by atoms with Crippen molar-refractivity contribution in [2.75, 3.05) is 24.3 Å². The number of nitrogens with zero attached hydrogens (tertiary/aromatic N) is 4. The second-order valence-electron chi connectivity index (χ2n) is 6.51. The number of nitrogens with one attached hydrogen (secondary N) is 2. The third-order valence-corrected chi connectivity index (χ3v) is 4.39. The Hall–Kier alpha value is -2.41. The van der Waals surface area contributed by atoms with Gasteiger partial charge in [-0.1, -0.05) is 6.07 Å². The molecule has 140 valence electrons. The Kier molecular flexibility index (Phi) is 7.15. The van der Waals surface area contributed by atoms with Crippen LogP contribution in [0.3, 0.4) is 0 Å². The molecular weight excluding hydrogens is 352 g/mol. The van der Waals surface area contributed by atoms with Crippen molar-refractivity contribution >= 4 is 30.1 Å². The quantitative estimate of drug-likeness (QED) is 0.834. The highest BCUT2D eigenvalue weighted by molar-refractivity contribution is 5.92. The largest absolute Gasteiger partial charge is 0.363 e. The van der Waals surface area contributed by atoms with Crippen LogP contribution in [0.2, 0.25) is 0 Å². The molecular formula is C18H25ClN6O. The summed E-state index contributed by atoms with van der Waals surface area (Å²) in [6.45, 7) is 0. The summed E-state index contributed by atoms with van der Waals surface area (Å²) in [7, 11) is 3.92. The van der Waals surface area contributed by atoms with E-state index in [4.69, 9.17) is 0 Å². The van der Waals surface area contributed by atoms with E-state index in [0.717, 1.165) is 31.5 Å². The smallest absolute Gasteiger partial charge is 0.270 e. The first-order valence-electron chi connectivity index (χ1n) is 8.60. The van der Waals surface area contributed by atoms with Crippen molar-refractivity contribution < 1.29 is 4.79 Å². The summed E-state index contributed by atoms with van der Waals surface area (Å²) in [5.41, 5.74) is 0.469. The Morgan fingerprint density at radius 2 is 1.77 bits per heavy atom. The van der Waals surface area contributed by atoms with Crippen molar-refractivity contribution in [3.63, 3.8) is 0 Å². The molecule has 0 radical (unpaired) electrons. The van der Waals surface area contributed by atoms with Crippen molar-refractivity contribution in [1.29, 1.82) is 0 Å². The molecule has 0 bridgehead atoms.